The lowest BCUT2D eigenvalue weighted by Gasteiger charge is -2.15. The van der Waals surface area contributed by atoms with Crippen molar-refractivity contribution in [2.45, 2.75) is 58.3 Å². The third kappa shape index (κ3) is 6.62. The molecule has 2 heterocycles. The molecule has 42 heavy (non-hydrogen) atoms. The summed E-state index contributed by atoms with van der Waals surface area (Å²) in [6.45, 7) is 2.91. The predicted octanol–water partition coefficient (Wildman–Crippen LogP) is 8.10. The normalized spacial score (nSPS) is 11.2. The Labute approximate surface area is 248 Å². The lowest BCUT2D eigenvalue weighted by Crippen LogP contribution is -2.02. The van der Waals surface area contributed by atoms with Crippen molar-refractivity contribution < 1.29 is 18.9 Å². The van der Waals surface area contributed by atoms with Crippen LogP contribution in [0.5, 0.6) is 23.0 Å². The molecule has 0 saturated heterocycles. The molecular formula is C35H41N3O4. The van der Waals surface area contributed by atoms with Crippen molar-refractivity contribution in [1.29, 1.82) is 0 Å². The summed E-state index contributed by atoms with van der Waals surface area (Å²) >= 11 is 0. The maximum absolute atomic E-state index is 6.07. The molecule has 0 bridgehead atoms. The molecule has 7 heteroatoms. The Bertz CT molecular complexity index is 1590. The molecule has 0 unspecified atom stereocenters. The van der Waals surface area contributed by atoms with Crippen LogP contribution in [-0.2, 0) is 12.8 Å². The molecule has 0 aliphatic heterocycles. The third-order valence-electron chi connectivity index (χ3n) is 7.70. The van der Waals surface area contributed by atoms with Gasteiger partial charge in [0.1, 0.15) is 23.0 Å². The van der Waals surface area contributed by atoms with Crippen LogP contribution in [0.25, 0.3) is 28.1 Å². The fourth-order valence-electron chi connectivity index (χ4n) is 5.44. The van der Waals surface area contributed by atoms with Crippen LogP contribution in [0, 0.1) is 0 Å². The molecule has 7 nitrogen and oxygen atoms in total. The van der Waals surface area contributed by atoms with E-state index in [0.29, 0.717) is 6.61 Å². The van der Waals surface area contributed by atoms with Gasteiger partial charge in [-0.1, -0.05) is 31.9 Å². The summed E-state index contributed by atoms with van der Waals surface area (Å²) in [4.78, 5) is 9.77. The number of fused-ring (bicyclic) bond motifs is 3. The van der Waals surface area contributed by atoms with E-state index in [0.717, 1.165) is 95.2 Å². The van der Waals surface area contributed by atoms with Crippen LogP contribution >= 0.6 is 0 Å². The van der Waals surface area contributed by atoms with Gasteiger partial charge in [0, 0.05) is 29.0 Å². The lowest BCUT2D eigenvalue weighted by molar-refractivity contribution is 0.305. The maximum Gasteiger partial charge on any atom is 0.235 e. The van der Waals surface area contributed by atoms with Gasteiger partial charge < -0.3 is 18.9 Å². The second-order valence-electron chi connectivity index (χ2n) is 10.5. The Kier molecular flexibility index (Phi) is 9.80. The van der Waals surface area contributed by atoms with Gasteiger partial charge in [0.05, 0.1) is 44.7 Å². The molecule has 5 aromatic rings. The monoisotopic (exact) mass is 567 g/mol. The molecule has 0 atom stereocenters. The summed E-state index contributed by atoms with van der Waals surface area (Å²) in [5.41, 5.74) is 6.42. The molecule has 0 fully saturated rings. The Morgan fingerprint density at radius 1 is 0.690 bits per heavy atom. The molecule has 0 spiro atoms. The van der Waals surface area contributed by atoms with Gasteiger partial charge in [0.15, 0.2) is 0 Å². The Hall–Kier alpha value is -4.26. The number of hydrogen-bond acceptors (Lipinski definition) is 6. The summed E-state index contributed by atoms with van der Waals surface area (Å²) in [5.74, 6) is 3.94. The van der Waals surface area contributed by atoms with Crippen molar-refractivity contribution in [3.8, 4) is 34.3 Å². The highest BCUT2D eigenvalue weighted by molar-refractivity contribution is 5.80. The van der Waals surface area contributed by atoms with Crippen LogP contribution in [0.1, 0.15) is 56.7 Å². The van der Waals surface area contributed by atoms with E-state index in [1.165, 1.54) is 18.5 Å². The highest BCUT2D eigenvalue weighted by atomic mass is 16.5. The zero-order valence-electron chi connectivity index (χ0n) is 25.2. The zero-order valence-corrected chi connectivity index (χ0v) is 25.2. The van der Waals surface area contributed by atoms with Crippen LogP contribution in [0.2, 0.25) is 0 Å². The quantitative estimate of drug-likeness (QED) is 0.119. The van der Waals surface area contributed by atoms with Crippen molar-refractivity contribution in [2.24, 2.45) is 0 Å². The fraction of sp³-hybridized carbons (Fsp3) is 0.371. The van der Waals surface area contributed by atoms with E-state index in [1.54, 1.807) is 21.3 Å². The second-order valence-corrected chi connectivity index (χ2v) is 10.5. The SMILES string of the molecule is CCCCCc1cc(-c2ccc(OCCCCCc3c(OC)cc(OC)cc3OC)cc2)nc2nc3ccccc3n12. The first-order valence-electron chi connectivity index (χ1n) is 14.9. The lowest BCUT2D eigenvalue weighted by atomic mass is 10.0. The Morgan fingerprint density at radius 3 is 2.14 bits per heavy atom. The van der Waals surface area contributed by atoms with Crippen molar-refractivity contribution in [3.63, 3.8) is 0 Å². The first-order chi connectivity index (χ1) is 20.6. The fourth-order valence-corrected chi connectivity index (χ4v) is 5.44. The van der Waals surface area contributed by atoms with Crippen molar-refractivity contribution in [2.75, 3.05) is 27.9 Å². The van der Waals surface area contributed by atoms with E-state index in [-0.39, 0.29) is 0 Å². The van der Waals surface area contributed by atoms with Gasteiger partial charge in [0.2, 0.25) is 5.78 Å². The molecular weight excluding hydrogens is 526 g/mol. The molecule has 0 saturated carbocycles. The number of benzene rings is 3. The van der Waals surface area contributed by atoms with Gasteiger partial charge in [-0.05, 0) is 81.0 Å². The summed E-state index contributed by atoms with van der Waals surface area (Å²) < 4.78 is 24.8. The average molecular weight is 568 g/mol. The summed E-state index contributed by atoms with van der Waals surface area (Å²) in [5, 5.41) is 0. The van der Waals surface area contributed by atoms with Crippen LogP contribution in [0.4, 0.5) is 0 Å². The van der Waals surface area contributed by atoms with Gasteiger partial charge in [-0.2, -0.15) is 0 Å². The first-order valence-corrected chi connectivity index (χ1v) is 14.9. The van der Waals surface area contributed by atoms with Gasteiger partial charge in [-0.3, -0.25) is 4.40 Å². The van der Waals surface area contributed by atoms with Crippen LogP contribution in [0.3, 0.4) is 0 Å². The number of nitrogens with zero attached hydrogens (tertiary/aromatic N) is 3. The number of aromatic nitrogens is 3. The highest BCUT2D eigenvalue weighted by Crippen LogP contribution is 2.35. The Morgan fingerprint density at radius 2 is 1.43 bits per heavy atom. The smallest absolute Gasteiger partial charge is 0.235 e. The highest BCUT2D eigenvalue weighted by Gasteiger charge is 2.14. The van der Waals surface area contributed by atoms with E-state index in [4.69, 9.17) is 28.9 Å². The van der Waals surface area contributed by atoms with Crippen molar-refractivity contribution >= 4 is 16.8 Å². The predicted molar refractivity (Wildman–Crippen MR) is 168 cm³/mol. The standard InChI is InChI=1S/C35H41N3O4/c1-5-6-8-13-26-22-31(37-35-36-30-15-10-11-16-32(30)38(26)35)25-17-19-27(20-18-25)42-21-12-7-9-14-29-33(40-3)23-28(39-2)24-34(29)41-4/h10-11,15-20,22-24H,5-9,12-14,21H2,1-4H3. The van der Waals surface area contributed by atoms with E-state index in [2.05, 4.69) is 47.7 Å². The molecule has 0 N–H and O–H groups in total. The number of hydrogen-bond donors (Lipinski definition) is 0. The molecule has 220 valence electrons. The van der Waals surface area contributed by atoms with E-state index >= 15 is 0 Å². The molecule has 0 radical (unpaired) electrons. The number of ether oxygens (including phenoxy) is 4. The summed E-state index contributed by atoms with van der Waals surface area (Å²) in [6, 6.07) is 22.6. The molecule has 0 aliphatic rings. The molecule has 5 rings (SSSR count). The van der Waals surface area contributed by atoms with Gasteiger partial charge in [-0.15, -0.1) is 0 Å². The molecule has 0 aliphatic carbocycles. The number of aryl methyl sites for hydroxylation is 1. The van der Waals surface area contributed by atoms with Gasteiger partial charge >= 0.3 is 0 Å². The molecule has 3 aromatic carbocycles. The minimum absolute atomic E-state index is 0.669. The maximum atomic E-state index is 6.07. The number of methoxy groups -OCH3 is 3. The number of rotatable bonds is 15. The zero-order chi connectivity index (χ0) is 29.3. The summed E-state index contributed by atoms with van der Waals surface area (Å²) in [6.07, 6.45) is 8.44. The minimum atomic E-state index is 0.669. The largest absolute Gasteiger partial charge is 0.496 e. The van der Waals surface area contributed by atoms with Crippen LogP contribution in [0.15, 0.2) is 66.7 Å². The molecule has 0 amide bonds. The van der Waals surface area contributed by atoms with Gasteiger partial charge in [-0.25, -0.2) is 9.97 Å². The number of unbranched alkanes of at least 4 members (excludes halogenated alkanes) is 4. The van der Waals surface area contributed by atoms with E-state index < -0.39 is 0 Å². The number of imidazole rings is 1. The van der Waals surface area contributed by atoms with Crippen molar-refractivity contribution in [1.82, 2.24) is 14.4 Å². The number of para-hydroxylation sites is 2. The van der Waals surface area contributed by atoms with Crippen LogP contribution < -0.4 is 18.9 Å². The molecule has 2 aromatic heterocycles. The Balaban J connectivity index is 1.19. The topological polar surface area (TPSA) is 67.1 Å². The first kappa shape index (κ1) is 29.2. The van der Waals surface area contributed by atoms with Crippen molar-refractivity contribution in [3.05, 3.63) is 78.0 Å². The minimum Gasteiger partial charge on any atom is -0.496 e. The van der Waals surface area contributed by atoms with E-state index in [9.17, 15) is 0 Å². The third-order valence-corrected chi connectivity index (χ3v) is 7.70. The van der Waals surface area contributed by atoms with Crippen LogP contribution in [-0.4, -0.2) is 42.3 Å². The summed E-state index contributed by atoms with van der Waals surface area (Å²) in [7, 11) is 5.00. The average Bonchev–Trinajstić information content (AvgIpc) is 3.41. The van der Waals surface area contributed by atoms with Gasteiger partial charge in [0.25, 0.3) is 0 Å². The van der Waals surface area contributed by atoms with E-state index in [1.807, 2.05) is 30.3 Å². The second kappa shape index (κ2) is 14.1.